The van der Waals surface area contributed by atoms with Crippen LogP contribution in [0.15, 0.2) is 217 Å². The number of anilines is 3. The number of hydrogen-bond donors (Lipinski definition) is 0. The van der Waals surface area contributed by atoms with Crippen molar-refractivity contribution < 1.29 is 0 Å². The van der Waals surface area contributed by atoms with E-state index >= 15 is 0 Å². The van der Waals surface area contributed by atoms with Gasteiger partial charge in [0, 0.05) is 22.6 Å². The summed E-state index contributed by atoms with van der Waals surface area (Å²) >= 11 is 0. The molecule has 0 N–H and O–H groups in total. The molecule has 1 heterocycles. The average Bonchev–Trinajstić information content (AvgIpc) is 3.25. The van der Waals surface area contributed by atoms with Crippen LogP contribution in [0.5, 0.6) is 0 Å². The zero-order chi connectivity index (χ0) is 36.3. The van der Waals surface area contributed by atoms with Crippen LogP contribution in [0.25, 0.3) is 61.4 Å². The van der Waals surface area contributed by atoms with E-state index in [1.54, 1.807) is 4.57 Å². The van der Waals surface area contributed by atoms with E-state index in [0.717, 1.165) is 39.4 Å². The lowest BCUT2D eigenvalue weighted by molar-refractivity contribution is 0.976. The van der Waals surface area contributed by atoms with Crippen molar-refractivity contribution in [3.05, 3.63) is 223 Å². The quantitative estimate of drug-likeness (QED) is 0.159. The van der Waals surface area contributed by atoms with Crippen molar-refractivity contribution in [2.75, 3.05) is 4.90 Å². The first-order valence-corrected chi connectivity index (χ1v) is 18.1. The molecule has 0 amide bonds. The molecule has 0 aliphatic carbocycles. The average molecular weight is 694 g/mol. The third-order valence-electron chi connectivity index (χ3n) is 9.86. The summed E-state index contributed by atoms with van der Waals surface area (Å²) in [7, 11) is 0. The van der Waals surface area contributed by atoms with Gasteiger partial charge in [-0.15, -0.1) is 0 Å². The second-order valence-corrected chi connectivity index (χ2v) is 13.2. The predicted molar refractivity (Wildman–Crippen MR) is 224 cm³/mol. The minimum Gasteiger partial charge on any atom is -0.311 e. The van der Waals surface area contributed by atoms with Gasteiger partial charge in [-0.3, -0.25) is 9.36 Å². The molecular weight excluding hydrogens is 659 g/mol. The van der Waals surface area contributed by atoms with E-state index in [1.165, 1.54) is 22.3 Å². The Balaban J connectivity index is 1.06. The Morgan fingerprint density at radius 2 is 0.704 bits per heavy atom. The van der Waals surface area contributed by atoms with E-state index in [2.05, 4.69) is 138 Å². The van der Waals surface area contributed by atoms with E-state index in [0.29, 0.717) is 16.7 Å². The summed E-state index contributed by atoms with van der Waals surface area (Å²) in [6.45, 7) is 0. The number of benzene rings is 8. The topological polar surface area (TPSA) is 38.1 Å². The molecule has 9 aromatic rings. The normalized spacial score (nSPS) is 11.0. The highest BCUT2D eigenvalue weighted by molar-refractivity contribution is 5.83. The standard InChI is InChI=1S/C50H35N3O/c54-50-47-18-10-11-19-48(47)51-49(53(50)43-16-8-3-9-17-43)42-22-20-38(21-23-42)41-28-34-46(35-29-41)52(44-30-24-39(25-31-44)36-12-4-1-5-13-36)45-32-26-40(27-33-45)37-14-6-2-7-15-37/h1-35H. The van der Waals surface area contributed by atoms with E-state index in [9.17, 15) is 4.79 Å². The Morgan fingerprint density at radius 3 is 1.17 bits per heavy atom. The van der Waals surface area contributed by atoms with Crippen LogP contribution in [0.4, 0.5) is 17.1 Å². The molecular formula is C50H35N3O. The van der Waals surface area contributed by atoms with Crippen molar-refractivity contribution in [2.24, 2.45) is 0 Å². The molecule has 9 rings (SSSR count). The molecule has 256 valence electrons. The maximum Gasteiger partial charge on any atom is 0.266 e. The third kappa shape index (κ3) is 6.38. The summed E-state index contributed by atoms with van der Waals surface area (Å²) in [5, 5.41) is 0.593. The van der Waals surface area contributed by atoms with Crippen molar-refractivity contribution in [1.82, 2.24) is 9.55 Å². The lowest BCUT2D eigenvalue weighted by Crippen LogP contribution is -2.21. The van der Waals surface area contributed by atoms with Crippen LogP contribution in [-0.4, -0.2) is 9.55 Å². The van der Waals surface area contributed by atoms with Gasteiger partial charge >= 0.3 is 0 Å². The summed E-state index contributed by atoms with van der Waals surface area (Å²) in [6.07, 6.45) is 0. The fourth-order valence-corrected chi connectivity index (χ4v) is 7.07. The fraction of sp³-hybridized carbons (Fsp3) is 0. The molecule has 0 saturated carbocycles. The summed E-state index contributed by atoms with van der Waals surface area (Å²) in [4.78, 5) is 21.1. The van der Waals surface area contributed by atoms with Crippen LogP contribution in [0.3, 0.4) is 0 Å². The monoisotopic (exact) mass is 693 g/mol. The van der Waals surface area contributed by atoms with Crippen molar-refractivity contribution in [3.8, 4) is 50.5 Å². The fourth-order valence-electron chi connectivity index (χ4n) is 7.07. The number of fused-ring (bicyclic) bond motifs is 1. The van der Waals surface area contributed by atoms with Gasteiger partial charge < -0.3 is 4.90 Å². The molecule has 0 unspecified atom stereocenters. The molecule has 0 aliphatic heterocycles. The SMILES string of the molecule is O=c1c2ccccc2nc(-c2ccc(-c3ccc(N(c4ccc(-c5ccccc5)cc4)c4ccc(-c5ccccc5)cc4)cc3)cc2)n1-c1ccccc1. The Bertz CT molecular complexity index is 2640. The first-order valence-electron chi connectivity index (χ1n) is 18.1. The number of para-hydroxylation sites is 2. The molecule has 0 bridgehead atoms. The van der Waals surface area contributed by atoms with Gasteiger partial charge in [0.2, 0.25) is 0 Å². The van der Waals surface area contributed by atoms with Crippen LogP contribution < -0.4 is 10.5 Å². The van der Waals surface area contributed by atoms with Gasteiger partial charge in [-0.2, -0.15) is 0 Å². The molecule has 4 heteroatoms. The van der Waals surface area contributed by atoms with Gasteiger partial charge in [0.15, 0.2) is 0 Å². The van der Waals surface area contributed by atoms with Crippen LogP contribution in [0.2, 0.25) is 0 Å². The molecule has 0 spiro atoms. The molecule has 54 heavy (non-hydrogen) atoms. The van der Waals surface area contributed by atoms with E-state index < -0.39 is 0 Å². The van der Waals surface area contributed by atoms with Crippen molar-refractivity contribution in [3.63, 3.8) is 0 Å². The minimum atomic E-state index is -0.0876. The van der Waals surface area contributed by atoms with Gasteiger partial charge in [0.05, 0.1) is 16.6 Å². The smallest absolute Gasteiger partial charge is 0.266 e. The maximum absolute atomic E-state index is 13.8. The largest absolute Gasteiger partial charge is 0.311 e. The Labute approximate surface area is 314 Å². The number of nitrogens with zero attached hydrogens (tertiary/aromatic N) is 3. The summed E-state index contributed by atoms with van der Waals surface area (Å²) in [5.74, 6) is 0.610. The molecule has 1 aromatic heterocycles. The maximum atomic E-state index is 13.8. The van der Waals surface area contributed by atoms with Gasteiger partial charge in [0.25, 0.3) is 5.56 Å². The van der Waals surface area contributed by atoms with Gasteiger partial charge in [0.1, 0.15) is 5.82 Å². The van der Waals surface area contributed by atoms with Crippen molar-refractivity contribution in [1.29, 1.82) is 0 Å². The van der Waals surface area contributed by atoms with Crippen LogP contribution in [0, 0.1) is 0 Å². The third-order valence-corrected chi connectivity index (χ3v) is 9.86. The summed E-state index contributed by atoms with van der Waals surface area (Å²) in [6, 6.07) is 72.7. The van der Waals surface area contributed by atoms with Crippen molar-refractivity contribution in [2.45, 2.75) is 0 Å². The van der Waals surface area contributed by atoms with E-state index in [4.69, 9.17) is 4.98 Å². The first-order chi connectivity index (χ1) is 26.7. The van der Waals surface area contributed by atoms with Gasteiger partial charge in [-0.1, -0.05) is 152 Å². The summed E-state index contributed by atoms with van der Waals surface area (Å²) < 4.78 is 1.71. The number of aromatic nitrogens is 2. The van der Waals surface area contributed by atoms with Gasteiger partial charge in [-0.05, 0) is 94.0 Å². The zero-order valence-corrected chi connectivity index (χ0v) is 29.5. The highest BCUT2D eigenvalue weighted by atomic mass is 16.1. The number of hydrogen-bond acceptors (Lipinski definition) is 3. The highest BCUT2D eigenvalue weighted by Gasteiger charge is 2.16. The Kier molecular flexibility index (Phi) is 8.68. The molecule has 8 aromatic carbocycles. The first kappa shape index (κ1) is 32.6. The number of rotatable bonds is 8. The lowest BCUT2D eigenvalue weighted by Gasteiger charge is -2.26. The van der Waals surface area contributed by atoms with Crippen LogP contribution >= 0.6 is 0 Å². The van der Waals surface area contributed by atoms with Crippen LogP contribution in [0.1, 0.15) is 0 Å². The van der Waals surface area contributed by atoms with E-state index in [1.807, 2.05) is 78.9 Å². The second-order valence-electron chi connectivity index (χ2n) is 13.2. The summed E-state index contributed by atoms with van der Waals surface area (Å²) in [5.41, 5.74) is 12.4. The van der Waals surface area contributed by atoms with Crippen LogP contribution in [-0.2, 0) is 0 Å². The predicted octanol–water partition coefficient (Wildman–Crippen LogP) is 12.5. The lowest BCUT2D eigenvalue weighted by atomic mass is 10.0. The highest BCUT2D eigenvalue weighted by Crippen LogP contribution is 2.38. The van der Waals surface area contributed by atoms with Gasteiger partial charge in [-0.25, -0.2) is 4.98 Å². The molecule has 4 nitrogen and oxygen atoms in total. The molecule has 0 radical (unpaired) electrons. The minimum absolute atomic E-state index is 0.0876. The zero-order valence-electron chi connectivity index (χ0n) is 29.5. The Hall–Kier alpha value is -7.30. The molecule has 0 aliphatic rings. The molecule has 0 saturated heterocycles. The second kappa shape index (κ2) is 14.4. The molecule has 0 fully saturated rings. The van der Waals surface area contributed by atoms with Crippen molar-refractivity contribution >= 4 is 28.0 Å². The molecule has 0 atom stereocenters. The van der Waals surface area contributed by atoms with E-state index in [-0.39, 0.29) is 5.56 Å². The Morgan fingerprint density at radius 1 is 0.352 bits per heavy atom.